The SMILES string of the molecule is O=C(c1n[nH]c2ccccc12)N1CCC(Oc2nccnc2N2CCOCC2)C1. The smallest absolute Gasteiger partial charge is 0.275 e. The molecular weight excluding hydrogens is 372 g/mol. The highest BCUT2D eigenvalue weighted by Gasteiger charge is 2.31. The minimum Gasteiger partial charge on any atom is -0.470 e. The second-order valence-electron chi connectivity index (χ2n) is 7.18. The number of likely N-dealkylation sites (tertiary alicyclic amines) is 1. The fraction of sp³-hybridized carbons (Fsp3) is 0.400. The maximum atomic E-state index is 13.0. The highest BCUT2D eigenvalue weighted by atomic mass is 16.5. The van der Waals surface area contributed by atoms with Crippen molar-refractivity contribution in [2.24, 2.45) is 0 Å². The number of carbonyl (C=O) groups excluding carboxylic acids is 1. The zero-order valence-corrected chi connectivity index (χ0v) is 16.0. The van der Waals surface area contributed by atoms with Crippen LogP contribution in [-0.2, 0) is 4.74 Å². The number of aromatic nitrogens is 4. The summed E-state index contributed by atoms with van der Waals surface area (Å²) in [6.45, 7) is 3.97. The molecule has 1 aromatic carbocycles. The van der Waals surface area contributed by atoms with Crippen LogP contribution in [0.2, 0.25) is 0 Å². The number of ether oxygens (including phenoxy) is 2. The zero-order chi connectivity index (χ0) is 19.6. The Morgan fingerprint density at radius 1 is 1.14 bits per heavy atom. The normalized spacial score (nSPS) is 19.7. The highest BCUT2D eigenvalue weighted by molar-refractivity contribution is 6.04. The summed E-state index contributed by atoms with van der Waals surface area (Å²) in [4.78, 5) is 25.7. The second kappa shape index (κ2) is 7.67. The van der Waals surface area contributed by atoms with Crippen LogP contribution in [0.1, 0.15) is 16.9 Å². The number of hydrogen-bond donors (Lipinski definition) is 1. The number of carbonyl (C=O) groups is 1. The summed E-state index contributed by atoms with van der Waals surface area (Å²) >= 11 is 0. The first kappa shape index (κ1) is 17.9. The third kappa shape index (κ3) is 3.49. The van der Waals surface area contributed by atoms with Gasteiger partial charge in [0, 0.05) is 43.8 Å². The van der Waals surface area contributed by atoms with Crippen molar-refractivity contribution in [2.75, 3.05) is 44.3 Å². The van der Waals surface area contributed by atoms with E-state index in [0.717, 1.165) is 36.2 Å². The third-order valence-electron chi connectivity index (χ3n) is 5.34. The van der Waals surface area contributed by atoms with Crippen molar-refractivity contribution in [1.82, 2.24) is 25.1 Å². The van der Waals surface area contributed by atoms with Crippen LogP contribution in [0.4, 0.5) is 5.82 Å². The molecule has 5 rings (SSSR count). The van der Waals surface area contributed by atoms with Crippen LogP contribution in [0.5, 0.6) is 5.88 Å². The number of benzene rings is 1. The average molecular weight is 394 g/mol. The lowest BCUT2D eigenvalue weighted by atomic mass is 10.2. The molecule has 0 bridgehead atoms. The number of rotatable bonds is 4. The maximum Gasteiger partial charge on any atom is 0.275 e. The van der Waals surface area contributed by atoms with Crippen molar-refractivity contribution in [1.29, 1.82) is 0 Å². The Morgan fingerprint density at radius 2 is 1.97 bits per heavy atom. The summed E-state index contributed by atoms with van der Waals surface area (Å²) in [7, 11) is 0. The van der Waals surface area contributed by atoms with Crippen LogP contribution in [0.25, 0.3) is 10.9 Å². The van der Waals surface area contributed by atoms with Crippen LogP contribution < -0.4 is 9.64 Å². The van der Waals surface area contributed by atoms with E-state index in [1.165, 1.54) is 0 Å². The number of morpholine rings is 1. The van der Waals surface area contributed by atoms with Gasteiger partial charge in [-0.25, -0.2) is 9.97 Å². The molecule has 0 radical (unpaired) electrons. The Balaban J connectivity index is 1.29. The van der Waals surface area contributed by atoms with E-state index in [1.807, 2.05) is 24.3 Å². The lowest BCUT2D eigenvalue weighted by Gasteiger charge is -2.29. The minimum absolute atomic E-state index is 0.0823. The van der Waals surface area contributed by atoms with Gasteiger partial charge in [-0.05, 0) is 6.07 Å². The summed E-state index contributed by atoms with van der Waals surface area (Å²) in [5.41, 5.74) is 1.31. The molecule has 150 valence electrons. The number of nitrogens with one attached hydrogen (secondary N) is 1. The Morgan fingerprint density at radius 3 is 2.86 bits per heavy atom. The fourth-order valence-electron chi connectivity index (χ4n) is 3.84. The van der Waals surface area contributed by atoms with Crippen molar-refractivity contribution < 1.29 is 14.3 Å². The average Bonchev–Trinajstić information content (AvgIpc) is 3.42. The highest BCUT2D eigenvalue weighted by Crippen LogP contribution is 2.27. The molecule has 2 aliphatic rings. The topological polar surface area (TPSA) is 96.5 Å². The molecule has 2 aromatic heterocycles. The van der Waals surface area contributed by atoms with Crippen molar-refractivity contribution in [2.45, 2.75) is 12.5 Å². The van der Waals surface area contributed by atoms with Gasteiger partial charge in [0.1, 0.15) is 6.10 Å². The predicted octanol–water partition coefficient (Wildman–Crippen LogP) is 1.48. The number of aromatic amines is 1. The van der Waals surface area contributed by atoms with Crippen LogP contribution in [0.3, 0.4) is 0 Å². The number of hydrogen-bond acceptors (Lipinski definition) is 7. The van der Waals surface area contributed by atoms with E-state index in [0.29, 0.717) is 37.9 Å². The van der Waals surface area contributed by atoms with Gasteiger partial charge >= 0.3 is 0 Å². The van der Waals surface area contributed by atoms with Crippen LogP contribution in [0, 0.1) is 0 Å². The lowest BCUT2D eigenvalue weighted by Crippen LogP contribution is -2.37. The first-order valence-corrected chi connectivity index (χ1v) is 9.82. The van der Waals surface area contributed by atoms with Gasteiger partial charge in [-0.3, -0.25) is 9.89 Å². The molecule has 1 unspecified atom stereocenters. The van der Waals surface area contributed by atoms with E-state index in [9.17, 15) is 4.79 Å². The molecular formula is C20H22N6O3. The number of fused-ring (bicyclic) bond motifs is 1. The monoisotopic (exact) mass is 394 g/mol. The summed E-state index contributed by atoms with van der Waals surface area (Å²) in [6.07, 6.45) is 3.92. The summed E-state index contributed by atoms with van der Waals surface area (Å²) in [6, 6.07) is 7.65. The van der Waals surface area contributed by atoms with Gasteiger partial charge in [0.05, 0.1) is 25.3 Å². The van der Waals surface area contributed by atoms with Crippen molar-refractivity contribution in [3.63, 3.8) is 0 Å². The van der Waals surface area contributed by atoms with Gasteiger partial charge in [0.15, 0.2) is 11.5 Å². The molecule has 0 spiro atoms. The van der Waals surface area contributed by atoms with E-state index < -0.39 is 0 Å². The third-order valence-corrected chi connectivity index (χ3v) is 5.34. The Kier molecular flexibility index (Phi) is 4.73. The van der Waals surface area contributed by atoms with Crippen LogP contribution in [-0.4, -0.2) is 76.5 Å². The van der Waals surface area contributed by atoms with Gasteiger partial charge in [-0.15, -0.1) is 0 Å². The van der Waals surface area contributed by atoms with Gasteiger partial charge in [0.25, 0.3) is 11.8 Å². The molecule has 2 saturated heterocycles. The number of H-pyrrole nitrogens is 1. The maximum absolute atomic E-state index is 13.0. The number of para-hydroxylation sites is 1. The van der Waals surface area contributed by atoms with Crippen LogP contribution in [0.15, 0.2) is 36.7 Å². The summed E-state index contributed by atoms with van der Waals surface area (Å²) in [5.74, 6) is 1.17. The molecule has 4 heterocycles. The Hall–Kier alpha value is -3.20. The molecule has 9 nitrogen and oxygen atoms in total. The van der Waals surface area contributed by atoms with Gasteiger partial charge < -0.3 is 19.3 Å². The fourth-order valence-corrected chi connectivity index (χ4v) is 3.84. The number of anilines is 1. The molecule has 3 aromatic rings. The zero-order valence-electron chi connectivity index (χ0n) is 16.0. The molecule has 0 saturated carbocycles. The van der Waals surface area contributed by atoms with Gasteiger partial charge in [0.2, 0.25) is 0 Å². The molecule has 2 fully saturated rings. The molecule has 1 amide bonds. The molecule has 1 N–H and O–H groups in total. The van der Waals surface area contributed by atoms with Crippen molar-refractivity contribution >= 4 is 22.6 Å². The molecule has 0 aliphatic carbocycles. The van der Waals surface area contributed by atoms with Gasteiger partial charge in [-0.2, -0.15) is 5.10 Å². The molecule has 1 atom stereocenters. The second-order valence-corrected chi connectivity index (χ2v) is 7.18. The first-order chi connectivity index (χ1) is 14.3. The van der Waals surface area contributed by atoms with Crippen LogP contribution >= 0.6 is 0 Å². The van der Waals surface area contributed by atoms with Crippen molar-refractivity contribution in [3.8, 4) is 5.88 Å². The standard InChI is InChI=1S/C20H22N6O3/c27-20(17-15-3-1-2-4-16(15)23-24-17)26-8-5-14(13-26)29-19-18(21-6-7-22-19)25-9-11-28-12-10-25/h1-4,6-7,14H,5,8-13H2,(H,23,24). The summed E-state index contributed by atoms with van der Waals surface area (Å²) < 4.78 is 11.6. The van der Waals surface area contributed by atoms with E-state index in [1.54, 1.807) is 17.3 Å². The number of amides is 1. The lowest BCUT2D eigenvalue weighted by molar-refractivity contribution is 0.0767. The number of nitrogens with zero attached hydrogens (tertiary/aromatic N) is 5. The summed E-state index contributed by atoms with van der Waals surface area (Å²) in [5, 5.41) is 7.99. The molecule has 2 aliphatic heterocycles. The van der Waals surface area contributed by atoms with E-state index in [2.05, 4.69) is 25.1 Å². The van der Waals surface area contributed by atoms with Crippen molar-refractivity contribution in [3.05, 3.63) is 42.4 Å². The first-order valence-electron chi connectivity index (χ1n) is 9.82. The van der Waals surface area contributed by atoms with E-state index in [-0.39, 0.29) is 12.0 Å². The Labute approximate surface area is 167 Å². The molecule has 29 heavy (non-hydrogen) atoms. The van der Waals surface area contributed by atoms with Gasteiger partial charge in [-0.1, -0.05) is 18.2 Å². The largest absolute Gasteiger partial charge is 0.470 e. The van der Waals surface area contributed by atoms with E-state index >= 15 is 0 Å². The minimum atomic E-state index is -0.124. The quantitative estimate of drug-likeness (QED) is 0.716. The predicted molar refractivity (Wildman–Crippen MR) is 106 cm³/mol. The Bertz CT molecular complexity index is 1020. The molecule has 9 heteroatoms. The van der Waals surface area contributed by atoms with E-state index in [4.69, 9.17) is 9.47 Å².